The third kappa shape index (κ3) is 4.48. The molecule has 9 heteroatoms. The molecule has 3 aliphatic rings. The summed E-state index contributed by atoms with van der Waals surface area (Å²) >= 11 is 6.33. The van der Waals surface area contributed by atoms with E-state index in [9.17, 15) is 4.79 Å². The van der Waals surface area contributed by atoms with Gasteiger partial charge in [0, 0.05) is 43.8 Å². The second kappa shape index (κ2) is 8.86. The lowest BCUT2D eigenvalue weighted by molar-refractivity contribution is -0.128. The molecule has 0 radical (unpaired) electrons. The maximum absolute atomic E-state index is 12.4. The van der Waals surface area contributed by atoms with Crippen molar-refractivity contribution in [1.82, 2.24) is 25.2 Å². The lowest BCUT2D eigenvalue weighted by Crippen LogP contribution is -2.44. The Balaban J connectivity index is 1.18. The van der Waals surface area contributed by atoms with Crippen LogP contribution in [0, 0.1) is 5.92 Å². The summed E-state index contributed by atoms with van der Waals surface area (Å²) in [7, 11) is 0. The van der Waals surface area contributed by atoms with E-state index in [1.165, 1.54) is 0 Å². The second-order valence-electron chi connectivity index (χ2n) is 8.77. The SMILES string of the molecule is O=C(NCc1nnn2c1COC1(CCN(Cc3ccccc3Cl)C1)C2)C1CCOCC1. The highest BCUT2D eigenvalue weighted by molar-refractivity contribution is 6.31. The maximum Gasteiger partial charge on any atom is 0.223 e. The number of hydrogen-bond acceptors (Lipinski definition) is 6. The van der Waals surface area contributed by atoms with Gasteiger partial charge in [-0.3, -0.25) is 9.69 Å². The number of amides is 1. The Bertz CT molecular complexity index is 945. The van der Waals surface area contributed by atoms with E-state index in [2.05, 4.69) is 26.6 Å². The first-order valence-corrected chi connectivity index (χ1v) is 11.4. The minimum atomic E-state index is -0.245. The Kier molecular flexibility index (Phi) is 5.97. The quantitative estimate of drug-likeness (QED) is 0.759. The predicted octanol–water partition coefficient (Wildman–Crippen LogP) is 2.15. The lowest BCUT2D eigenvalue weighted by atomic mass is 9.99. The number of nitrogens with zero attached hydrogens (tertiary/aromatic N) is 4. The van der Waals surface area contributed by atoms with E-state index in [1.807, 2.05) is 22.9 Å². The molecule has 1 unspecified atom stereocenters. The van der Waals surface area contributed by atoms with Crippen LogP contribution in [0.5, 0.6) is 0 Å². The molecule has 1 aromatic heterocycles. The summed E-state index contributed by atoms with van der Waals surface area (Å²) in [6.45, 7) is 5.47. The first kappa shape index (κ1) is 20.9. The van der Waals surface area contributed by atoms with Crippen LogP contribution in [0.15, 0.2) is 24.3 Å². The molecule has 1 amide bonds. The van der Waals surface area contributed by atoms with Crippen molar-refractivity contribution in [2.75, 3.05) is 26.3 Å². The molecule has 0 aliphatic carbocycles. The summed E-state index contributed by atoms with van der Waals surface area (Å²) in [6, 6.07) is 7.99. The number of carbonyl (C=O) groups excluding carboxylic acids is 1. The molecule has 4 heterocycles. The third-order valence-corrected chi connectivity index (χ3v) is 7.01. The van der Waals surface area contributed by atoms with Crippen LogP contribution in [0.4, 0.5) is 0 Å². The van der Waals surface area contributed by atoms with Gasteiger partial charge in [0.25, 0.3) is 0 Å². The van der Waals surface area contributed by atoms with Crippen LogP contribution in [0.3, 0.4) is 0 Å². The largest absolute Gasteiger partial charge is 0.381 e. The lowest BCUT2D eigenvalue weighted by Gasteiger charge is -2.34. The standard InChI is InChI=1S/C22H28ClN5O3/c23-18-4-2-1-3-17(18)12-27-8-7-22(14-27)15-28-20(13-31-22)19(25-26-28)11-24-21(29)16-5-9-30-10-6-16/h1-4,16H,5-15H2,(H,24,29). The Labute approximate surface area is 186 Å². The van der Waals surface area contributed by atoms with Gasteiger partial charge in [0.2, 0.25) is 5.91 Å². The van der Waals surface area contributed by atoms with Gasteiger partial charge in [0.1, 0.15) is 11.3 Å². The minimum Gasteiger partial charge on any atom is -0.381 e. The molecule has 1 atom stereocenters. The average Bonchev–Trinajstić information content (AvgIpc) is 3.38. The first-order valence-electron chi connectivity index (χ1n) is 11.0. The molecule has 2 saturated heterocycles. The minimum absolute atomic E-state index is 0.0299. The fourth-order valence-corrected chi connectivity index (χ4v) is 4.98. The van der Waals surface area contributed by atoms with Gasteiger partial charge >= 0.3 is 0 Å². The number of carbonyl (C=O) groups is 1. The molecule has 5 rings (SSSR count). The number of rotatable bonds is 5. The van der Waals surface area contributed by atoms with Crippen molar-refractivity contribution in [2.24, 2.45) is 5.92 Å². The van der Waals surface area contributed by atoms with Crippen molar-refractivity contribution < 1.29 is 14.3 Å². The van der Waals surface area contributed by atoms with E-state index in [-0.39, 0.29) is 17.4 Å². The number of nitrogens with one attached hydrogen (secondary N) is 1. The number of ether oxygens (including phenoxy) is 2. The third-order valence-electron chi connectivity index (χ3n) is 6.64. The van der Waals surface area contributed by atoms with Crippen LogP contribution >= 0.6 is 11.6 Å². The number of hydrogen-bond donors (Lipinski definition) is 1. The first-order chi connectivity index (χ1) is 15.1. The molecule has 0 saturated carbocycles. The number of fused-ring (bicyclic) bond motifs is 1. The summed E-state index contributed by atoms with van der Waals surface area (Å²) in [4.78, 5) is 14.8. The monoisotopic (exact) mass is 445 g/mol. The van der Waals surface area contributed by atoms with E-state index in [0.717, 1.165) is 60.9 Å². The summed E-state index contributed by atoms with van der Waals surface area (Å²) in [6.07, 6.45) is 2.51. The molecular weight excluding hydrogens is 418 g/mol. The molecule has 8 nitrogen and oxygen atoms in total. The van der Waals surface area contributed by atoms with Gasteiger partial charge < -0.3 is 14.8 Å². The van der Waals surface area contributed by atoms with Crippen molar-refractivity contribution in [3.8, 4) is 0 Å². The molecular formula is C22H28ClN5O3. The number of likely N-dealkylation sites (tertiary alicyclic amines) is 1. The fourth-order valence-electron chi connectivity index (χ4n) is 4.78. The summed E-state index contributed by atoms with van der Waals surface area (Å²) in [5.74, 6) is 0.103. The van der Waals surface area contributed by atoms with E-state index in [0.29, 0.717) is 32.9 Å². The van der Waals surface area contributed by atoms with Crippen molar-refractivity contribution in [1.29, 1.82) is 0 Å². The van der Waals surface area contributed by atoms with Gasteiger partial charge in [-0.25, -0.2) is 4.68 Å². The van der Waals surface area contributed by atoms with Crippen LogP contribution in [-0.2, 0) is 40.5 Å². The zero-order valence-electron chi connectivity index (χ0n) is 17.6. The Morgan fingerprint density at radius 3 is 2.94 bits per heavy atom. The number of aromatic nitrogens is 3. The van der Waals surface area contributed by atoms with Crippen LogP contribution in [0.1, 0.15) is 36.2 Å². The topological polar surface area (TPSA) is 81.5 Å². The highest BCUT2D eigenvalue weighted by Gasteiger charge is 2.43. The molecule has 2 aromatic rings. The van der Waals surface area contributed by atoms with Gasteiger partial charge in [-0.2, -0.15) is 0 Å². The van der Waals surface area contributed by atoms with E-state index >= 15 is 0 Å². The smallest absolute Gasteiger partial charge is 0.223 e. The Morgan fingerprint density at radius 1 is 1.26 bits per heavy atom. The van der Waals surface area contributed by atoms with Gasteiger partial charge in [-0.05, 0) is 30.9 Å². The van der Waals surface area contributed by atoms with Crippen LogP contribution < -0.4 is 5.32 Å². The van der Waals surface area contributed by atoms with E-state index < -0.39 is 0 Å². The average molecular weight is 446 g/mol. The summed E-state index contributed by atoms with van der Waals surface area (Å²) < 4.78 is 13.7. The summed E-state index contributed by atoms with van der Waals surface area (Å²) in [5.41, 5.74) is 2.65. The molecule has 1 N–H and O–H groups in total. The Hall–Kier alpha value is -2.00. The van der Waals surface area contributed by atoms with E-state index in [4.69, 9.17) is 21.1 Å². The molecule has 3 aliphatic heterocycles. The normalized spacial score (nSPS) is 24.4. The molecule has 31 heavy (non-hydrogen) atoms. The van der Waals surface area contributed by atoms with Crippen molar-refractivity contribution in [3.63, 3.8) is 0 Å². The zero-order valence-corrected chi connectivity index (χ0v) is 18.3. The number of benzene rings is 1. The number of halogens is 1. The molecule has 1 aromatic carbocycles. The molecule has 1 spiro atoms. The van der Waals surface area contributed by atoms with Crippen molar-refractivity contribution in [3.05, 3.63) is 46.2 Å². The van der Waals surface area contributed by atoms with E-state index in [1.54, 1.807) is 0 Å². The van der Waals surface area contributed by atoms with Gasteiger partial charge in [-0.1, -0.05) is 35.0 Å². The van der Waals surface area contributed by atoms with Crippen LogP contribution in [0.2, 0.25) is 5.02 Å². The molecule has 166 valence electrons. The summed E-state index contributed by atoms with van der Waals surface area (Å²) in [5, 5.41) is 12.5. The Morgan fingerprint density at radius 2 is 2.10 bits per heavy atom. The molecule has 2 fully saturated rings. The van der Waals surface area contributed by atoms with Crippen molar-refractivity contribution in [2.45, 2.75) is 51.1 Å². The van der Waals surface area contributed by atoms with Gasteiger partial charge in [0.15, 0.2) is 0 Å². The van der Waals surface area contributed by atoms with Crippen LogP contribution in [0.25, 0.3) is 0 Å². The van der Waals surface area contributed by atoms with Gasteiger partial charge in [0.05, 0.1) is 25.4 Å². The highest BCUT2D eigenvalue weighted by Crippen LogP contribution is 2.34. The fraction of sp³-hybridized carbons (Fsp3) is 0.591. The van der Waals surface area contributed by atoms with Crippen LogP contribution in [-0.4, -0.2) is 57.7 Å². The van der Waals surface area contributed by atoms with Gasteiger partial charge in [-0.15, -0.1) is 5.10 Å². The van der Waals surface area contributed by atoms with Crippen molar-refractivity contribution >= 4 is 17.5 Å². The predicted molar refractivity (Wildman–Crippen MR) is 114 cm³/mol. The zero-order chi connectivity index (χ0) is 21.3. The molecule has 0 bridgehead atoms. The second-order valence-corrected chi connectivity index (χ2v) is 9.18. The highest BCUT2D eigenvalue weighted by atomic mass is 35.5. The maximum atomic E-state index is 12.4.